The van der Waals surface area contributed by atoms with E-state index < -0.39 is 10.8 Å². The summed E-state index contributed by atoms with van der Waals surface area (Å²) in [7, 11) is -1.32. The van der Waals surface area contributed by atoms with Crippen LogP contribution in [0, 0.1) is 0 Å². The maximum Gasteiger partial charge on any atom is 0.239 e. The van der Waals surface area contributed by atoms with Crippen LogP contribution in [0.2, 0.25) is 10.0 Å². The number of fused-ring (bicyclic) bond motifs is 1. The zero-order valence-corrected chi connectivity index (χ0v) is 15.3. The molecule has 3 rings (SSSR count). The Balaban J connectivity index is 1.68. The Kier molecular flexibility index (Phi) is 5.59. The molecule has 2 aromatic carbocycles. The lowest BCUT2D eigenvalue weighted by Crippen LogP contribution is -2.38. The number of carbonyl (C=O) groups excluding carboxylic acids is 1. The summed E-state index contributed by atoms with van der Waals surface area (Å²) in [6.07, 6.45) is 1.90. The Bertz CT molecular complexity index is 794. The summed E-state index contributed by atoms with van der Waals surface area (Å²) in [5.74, 6) is 0.135. The highest BCUT2D eigenvalue weighted by Gasteiger charge is 2.23. The molecule has 1 amide bonds. The SMILES string of the molecule is O=C(CS(=O)Cc1ccc(Cl)cc1Cl)N1CCCc2ccccc21. The van der Waals surface area contributed by atoms with Gasteiger partial charge >= 0.3 is 0 Å². The predicted octanol–water partition coefficient (Wildman–Crippen LogP) is 4.22. The standard InChI is InChI=1S/C18H17Cl2NO2S/c19-15-8-7-14(16(20)10-15)11-24(23)12-18(22)21-9-3-5-13-4-1-2-6-17(13)21/h1-2,4,6-8,10H,3,5,9,11-12H2. The van der Waals surface area contributed by atoms with Crippen LogP contribution < -0.4 is 4.90 Å². The van der Waals surface area contributed by atoms with E-state index >= 15 is 0 Å². The second kappa shape index (κ2) is 7.68. The van der Waals surface area contributed by atoms with Gasteiger partial charge in [0, 0.05) is 33.1 Å². The number of para-hydroxylation sites is 1. The van der Waals surface area contributed by atoms with Crippen LogP contribution in [0.25, 0.3) is 0 Å². The third kappa shape index (κ3) is 4.00. The molecule has 6 heteroatoms. The number of hydrogen-bond acceptors (Lipinski definition) is 2. The van der Waals surface area contributed by atoms with Crippen LogP contribution in [0.5, 0.6) is 0 Å². The number of anilines is 1. The molecule has 0 bridgehead atoms. The molecule has 126 valence electrons. The summed E-state index contributed by atoms with van der Waals surface area (Å²) in [5, 5.41) is 1.02. The molecular weight excluding hydrogens is 365 g/mol. The molecule has 0 saturated heterocycles. The van der Waals surface area contributed by atoms with Gasteiger partial charge in [0.25, 0.3) is 0 Å². The Morgan fingerprint density at radius 1 is 1.17 bits per heavy atom. The van der Waals surface area contributed by atoms with Gasteiger partial charge in [-0.05, 0) is 42.2 Å². The van der Waals surface area contributed by atoms with Crippen LogP contribution in [0.15, 0.2) is 42.5 Å². The Hall–Kier alpha value is -1.36. The number of halogens is 2. The van der Waals surface area contributed by atoms with E-state index in [0.717, 1.165) is 24.1 Å². The first kappa shape index (κ1) is 17.5. The first-order valence-corrected chi connectivity index (χ1v) is 9.96. The number of benzene rings is 2. The van der Waals surface area contributed by atoms with Gasteiger partial charge in [-0.1, -0.05) is 47.5 Å². The number of rotatable bonds is 4. The lowest BCUT2D eigenvalue weighted by atomic mass is 10.0. The van der Waals surface area contributed by atoms with Gasteiger partial charge in [-0.2, -0.15) is 0 Å². The number of amides is 1. The number of nitrogens with zero attached hydrogens (tertiary/aromatic N) is 1. The third-order valence-corrected chi connectivity index (χ3v) is 5.82. The van der Waals surface area contributed by atoms with E-state index in [-0.39, 0.29) is 17.4 Å². The molecular formula is C18H17Cl2NO2S. The lowest BCUT2D eigenvalue weighted by molar-refractivity contribution is -0.116. The zero-order valence-electron chi connectivity index (χ0n) is 13.0. The summed E-state index contributed by atoms with van der Waals surface area (Å²) in [6, 6.07) is 13.0. The molecule has 0 aromatic heterocycles. The Labute approximate surface area is 154 Å². The molecule has 1 aliphatic rings. The molecule has 24 heavy (non-hydrogen) atoms. The van der Waals surface area contributed by atoms with Crippen LogP contribution in [0.4, 0.5) is 5.69 Å². The Morgan fingerprint density at radius 3 is 2.75 bits per heavy atom. The maximum atomic E-state index is 12.6. The maximum absolute atomic E-state index is 12.6. The molecule has 1 atom stereocenters. The Morgan fingerprint density at radius 2 is 1.96 bits per heavy atom. The molecule has 0 N–H and O–H groups in total. The van der Waals surface area contributed by atoms with Crippen molar-refractivity contribution >= 4 is 45.6 Å². The molecule has 1 unspecified atom stereocenters. The van der Waals surface area contributed by atoms with Gasteiger partial charge < -0.3 is 4.90 Å². The fourth-order valence-corrected chi connectivity index (χ4v) is 4.56. The predicted molar refractivity (Wildman–Crippen MR) is 100 cm³/mol. The van der Waals surface area contributed by atoms with E-state index in [9.17, 15) is 9.00 Å². The van der Waals surface area contributed by atoms with E-state index in [0.29, 0.717) is 16.6 Å². The zero-order chi connectivity index (χ0) is 17.1. The van der Waals surface area contributed by atoms with Crippen LogP contribution in [-0.4, -0.2) is 22.4 Å². The summed E-state index contributed by atoms with van der Waals surface area (Å²) >= 11 is 12.0. The van der Waals surface area contributed by atoms with Gasteiger partial charge in [0.05, 0.1) is 5.75 Å². The van der Waals surface area contributed by atoms with Crippen LogP contribution >= 0.6 is 23.2 Å². The van der Waals surface area contributed by atoms with Gasteiger partial charge in [0.2, 0.25) is 5.91 Å². The quantitative estimate of drug-likeness (QED) is 0.794. The van der Waals surface area contributed by atoms with Gasteiger partial charge in [-0.25, -0.2) is 0 Å². The van der Waals surface area contributed by atoms with Crippen molar-refractivity contribution in [3.8, 4) is 0 Å². The third-order valence-electron chi connectivity index (χ3n) is 4.03. The second-order valence-corrected chi connectivity index (χ2v) is 8.04. The normalized spacial score (nSPS) is 15.0. The van der Waals surface area contributed by atoms with Gasteiger partial charge in [0.15, 0.2) is 0 Å². The summed E-state index contributed by atoms with van der Waals surface area (Å²) in [4.78, 5) is 14.3. The van der Waals surface area contributed by atoms with E-state index in [1.807, 2.05) is 24.3 Å². The first-order chi connectivity index (χ1) is 11.5. The van der Waals surface area contributed by atoms with E-state index in [2.05, 4.69) is 0 Å². The minimum atomic E-state index is -1.32. The highest BCUT2D eigenvalue weighted by Crippen LogP contribution is 2.27. The molecule has 3 nitrogen and oxygen atoms in total. The largest absolute Gasteiger partial charge is 0.311 e. The van der Waals surface area contributed by atoms with Crippen molar-refractivity contribution in [3.05, 3.63) is 63.6 Å². The fraction of sp³-hybridized carbons (Fsp3) is 0.278. The molecule has 2 aromatic rings. The van der Waals surface area contributed by atoms with Crippen molar-refractivity contribution in [2.45, 2.75) is 18.6 Å². The lowest BCUT2D eigenvalue weighted by Gasteiger charge is -2.29. The van der Waals surface area contributed by atoms with Crippen molar-refractivity contribution in [2.75, 3.05) is 17.2 Å². The van der Waals surface area contributed by atoms with Crippen LogP contribution in [-0.2, 0) is 27.8 Å². The number of aryl methyl sites for hydroxylation is 1. The highest BCUT2D eigenvalue weighted by atomic mass is 35.5. The van der Waals surface area contributed by atoms with Crippen LogP contribution in [0.3, 0.4) is 0 Å². The minimum Gasteiger partial charge on any atom is -0.311 e. The summed E-state index contributed by atoms with van der Waals surface area (Å²) in [5.41, 5.74) is 2.85. The van der Waals surface area contributed by atoms with E-state index in [1.165, 1.54) is 5.56 Å². The smallest absolute Gasteiger partial charge is 0.239 e. The van der Waals surface area contributed by atoms with Crippen molar-refractivity contribution in [1.82, 2.24) is 0 Å². The molecule has 0 fully saturated rings. The minimum absolute atomic E-state index is 0.00666. The van der Waals surface area contributed by atoms with Crippen molar-refractivity contribution in [2.24, 2.45) is 0 Å². The first-order valence-electron chi connectivity index (χ1n) is 7.72. The molecule has 1 heterocycles. The van der Waals surface area contributed by atoms with Gasteiger partial charge in [-0.15, -0.1) is 0 Å². The fourth-order valence-electron chi connectivity index (χ4n) is 2.87. The molecule has 1 aliphatic heterocycles. The molecule has 0 radical (unpaired) electrons. The highest BCUT2D eigenvalue weighted by molar-refractivity contribution is 7.85. The summed E-state index contributed by atoms with van der Waals surface area (Å²) < 4.78 is 12.4. The summed E-state index contributed by atoms with van der Waals surface area (Å²) in [6.45, 7) is 0.675. The van der Waals surface area contributed by atoms with Gasteiger partial charge in [-0.3, -0.25) is 9.00 Å². The van der Waals surface area contributed by atoms with E-state index in [4.69, 9.17) is 23.2 Å². The van der Waals surface area contributed by atoms with Gasteiger partial charge in [0.1, 0.15) is 5.75 Å². The molecule has 0 saturated carbocycles. The molecule has 0 aliphatic carbocycles. The molecule has 0 spiro atoms. The van der Waals surface area contributed by atoms with Crippen molar-refractivity contribution < 1.29 is 9.00 Å². The van der Waals surface area contributed by atoms with Crippen LogP contribution in [0.1, 0.15) is 17.5 Å². The average Bonchev–Trinajstić information content (AvgIpc) is 2.57. The number of hydrogen-bond donors (Lipinski definition) is 0. The average molecular weight is 382 g/mol. The number of carbonyl (C=O) groups is 1. The topological polar surface area (TPSA) is 37.4 Å². The van der Waals surface area contributed by atoms with E-state index in [1.54, 1.807) is 23.1 Å². The monoisotopic (exact) mass is 381 g/mol. The van der Waals surface area contributed by atoms with Crippen molar-refractivity contribution in [1.29, 1.82) is 0 Å². The van der Waals surface area contributed by atoms with Crippen molar-refractivity contribution in [3.63, 3.8) is 0 Å². The second-order valence-electron chi connectivity index (χ2n) is 5.74.